The zero-order valence-electron chi connectivity index (χ0n) is 15.2. The number of furan rings is 1. The summed E-state index contributed by atoms with van der Waals surface area (Å²) in [4.78, 5) is 0. The average molecular weight is 348 g/mol. The van der Waals surface area contributed by atoms with Crippen LogP contribution in [0.4, 0.5) is 0 Å². The topological polar surface area (TPSA) is 39.0 Å². The van der Waals surface area contributed by atoms with Crippen LogP contribution in [0.2, 0.25) is 0 Å². The van der Waals surface area contributed by atoms with Gasteiger partial charge in [0.1, 0.15) is 11.5 Å². The van der Waals surface area contributed by atoms with Crippen molar-refractivity contribution in [2.75, 3.05) is 20.2 Å². The van der Waals surface area contributed by atoms with E-state index in [1.54, 1.807) is 13.4 Å². The van der Waals surface area contributed by atoms with Gasteiger partial charge in [-0.3, -0.25) is 0 Å². The molecule has 26 heavy (non-hydrogen) atoms. The molecule has 2 N–H and O–H groups in total. The SMILES string of the molecule is COc1ccccc1[C@H](CC[NH2+]C/C=C/c1ccccc1)c1ccco1. The van der Waals surface area contributed by atoms with Crippen LogP contribution in [-0.4, -0.2) is 20.2 Å². The third-order valence-corrected chi connectivity index (χ3v) is 4.47. The summed E-state index contributed by atoms with van der Waals surface area (Å²) in [5.41, 5.74) is 2.42. The summed E-state index contributed by atoms with van der Waals surface area (Å²) in [6.07, 6.45) is 7.11. The molecule has 0 fully saturated rings. The van der Waals surface area contributed by atoms with E-state index in [0.29, 0.717) is 0 Å². The number of nitrogens with two attached hydrogens (primary N) is 1. The van der Waals surface area contributed by atoms with Gasteiger partial charge in [0.25, 0.3) is 0 Å². The van der Waals surface area contributed by atoms with Gasteiger partial charge in [0, 0.05) is 12.0 Å². The second kappa shape index (κ2) is 9.64. The predicted octanol–water partition coefficient (Wildman–Crippen LogP) is 4.09. The second-order valence-electron chi connectivity index (χ2n) is 6.22. The Bertz CT molecular complexity index is 794. The molecule has 0 aliphatic heterocycles. The van der Waals surface area contributed by atoms with Crippen LogP contribution in [0.3, 0.4) is 0 Å². The van der Waals surface area contributed by atoms with Gasteiger partial charge in [0.2, 0.25) is 0 Å². The first kappa shape index (κ1) is 18.0. The Morgan fingerprint density at radius 2 is 1.81 bits per heavy atom. The van der Waals surface area contributed by atoms with Crippen molar-refractivity contribution in [1.82, 2.24) is 0 Å². The first-order valence-corrected chi connectivity index (χ1v) is 9.08. The zero-order chi connectivity index (χ0) is 18.0. The Morgan fingerprint density at radius 3 is 2.58 bits per heavy atom. The molecule has 0 amide bonds. The summed E-state index contributed by atoms with van der Waals surface area (Å²) in [5, 5.41) is 2.32. The van der Waals surface area contributed by atoms with E-state index < -0.39 is 0 Å². The third-order valence-electron chi connectivity index (χ3n) is 4.47. The van der Waals surface area contributed by atoms with Gasteiger partial charge in [-0.2, -0.15) is 0 Å². The highest BCUT2D eigenvalue weighted by molar-refractivity contribution is 5.48. The van der Waals surface area contributed by atoms with Crippen LogP contribution in [0.1, 0.15) is 29.2 Å². The van der Waals surface area contributed by atoms with E-state index in [9.17, 15) is 0 Å². The van der Waals surface area contributed by atoms with Crippen molar-refractivity contribution >= 4 is 6.08 Å². The van der Waals surface area contributed by atoms with Gasteiger partial charge in [-0.15, -0.1) is 0 Å². The maximum Gasteiger partial charge on any atom is 0.122 e. The maximum atomic E-state index is 5.70. The Labute approximate surface area is 155 Å². The quantitative estimate of drug-likeness (QED) is 0.592. The van der Waals surface area contributed by atoms with E-state index in [-0.39, 0.29) is 5.92 Å². The minimum atomic E-state index is 0.204. The largest absolute Gasteiger partial charge is 0.496 e. The summed E-state index contributed by atoms with van der Waals surface area (Å²) in [6.45, 7) is 1.98. The molecule has 0 aliphatic carbocycles. The van der Waals surface area contributed by atoms with Crippen LogP contribution in [-0.2, 0) is 0 Å². The molecule has 0 saturated carbocycles. The molecule has 0 radical (unpaired) electrons. The number of rotatable bonds is 9. The third kappa shape index (κ3) is 4.87. The van der Waals surface area contributed by atoms with Gasteiger partial charge in [0.05, 0.1) is 32.4 Å². The van der Waals surface area contributed by atoms with Crippen molar-refractivity contribution < 1.29 is 14.5 Å². The second-order valence-corrected chi connectivity index (χ2v) is 6.22. The summed E-state index contributed by atoms with van der Waals surface area (Å²) < 4.78 is 11.3. The molecule has 1 atom stereocenters. The Morgan fingerprint density at radius 1 is 1.00 bits per heavy atom. The average Bonchev–Trinajstić information content (AvgIpc) is 3.23. The normalized spacial score (nSPS) is 12.3. The first-order chi connectivity index (χ1) is 12.9. The van der Waals surface area contributed by atoms with Crippen LogP contribution in [0, 0.1) is 0 Å². The van der Waals surface area contributed by atoms with Crippen molar-refractivity contribution in [2.45, 2.75) is 12.3 Å². The number of ether oxygens (including phenoxy) is 1. The molecule has 2 aromatic carbocycles. The summed E-state index contributed by atoms with van der Waals surface area (Å²) in [5.74, 6) is 2.11. The Hall–Kier alpha value is -2.78. The molecular formula is C23H26NO2+. The highest BCUT2D eigenvalue weighted by Crippen LogP contribution is 2.33. The standard InChI is InChI=1S/C23H25NO2/c1-25-22-13-6-5-12-20(22)21(23-14-8-18-26-23)15-17-24-16-7-11-19-9-3-2-4-10-19/h2-14,18,21,24H,15-17H2,1H3/p+1/b11-7+/t21-/m0/s1. The van der Waals surface area contributed by atoms with Gasteiger partial charge in [-0.1, -0.05) is 54.6 Å². The predicted molar refractivity (Wildman–Crippen MR) is 105 cm³/mol. The molecule has 3 nitrogen and oxygen atoms in total. The molecule has 1 aromatic heterocycles. The highest BCUT2D eigenvalue weighted by atomic mass is 16.5. The number of para-hydroxylation sites is 1. The van der Waals surface area contributed by atoms with Gasteiger partial charge in [-0.05, 0) is 29.8 Å². The highest BCUT2D eigenvalue weighted by Gasteiger charge is 2.20. The maximum absolute atomic E-state index is 5.70. The number of quaternary nitrogens is 1. The lowest BCUT2D eigenvalue weighted by atomic mass is 9.92. The monoisotopic (exact) mass is 348 g/mol. The van der Waals surface area contributed by atoms with Crippen molar-refractivity contribution in [3.8, 4) is 5.75 Å². The van der Waals surface area contributed by atoms with E-state index in [1.807, 2.05) is 30.3 Å². The first-order valence-electron chi connectivity index (χ1n) is 9.08. The minimum absolute atomic E-state index is 0.204. The van der Waals surface area contributed by atoms with Crippen LogP contribution in [0.25, 0.3) is 6.08 Å². The molecule has 0 aliphatic rings. The molecule has 0 bridgehead atoms. The van der Waals surface area contributed by atoms with E-state index in [1.165, 1.54) is 11.1 Å². The molecule has 1 heterocycles. The molecule has 134 valence electrons. The fourth-order valence-corrected chi connectivity index (χ4v) is 3.16. The number of benzene rings is 2. The smallest absolute Gasteiger partial charge is 0.122 e. The van der Waals surface area contributed by atoms with Crippen LogP contribution >= 0.6 is 0 Å². The zero-order valence-corrected chi connectivity index (χ0v) is 15.2. The fourth-order valence-electron chi connectivity index (χ4n) is 3.16. The van der Waals surface area contributed by atoms with Crippen LogP contribution in [0.15, 0.2) is 83.5 Å². The molecule has 3 rings (SSSR count). The van der Waals surface area contributed by atoms with Crippen molar-refractivity contribution in [2.24, 2.45) is 0 Å². The van der Waals surface area contributed by atoms with Gasteiger partial charge in [0.15, 0.2) is 0 Å². The van der Waals surface area contributed by atoms with Crippen LogP contribution in [0.5, 0.6) is 5.75 Å². The van der Waals surface area contributed by atoms with Gasteiger partial charge in [-0.25, -0.2) is 0 Å². The molecule has 0 saturated heterocycles. The van der Waals surface area contributed by atoms with Crippen LogP contribution < -0.4 is 10.1 Å². The molecule has 0 spiro atoms. The van der Waals surface area contributed by atoms with Gasteiger partial charge < -0.3 is 14.5 Å². The number of hydrogen-bond acceptors (Lipinski definition) is 2. The number of methoxy groups -OCH3 is 1. The Balaban J connectivity index is 1.58. The summed E-state index contributed by atoms with van der Waals surface area (Å²) in [7, 11) is 1.72. The lowest BCUT2D eigenvalue weighted by Crippen LogP contribution is -2.84. The molecular weight excluding hydrogens is 322 g/mol. The van der Waals surface area contributed by atoms with E-state index in [0.717, 1.165) is 31.0 Å². The van der Waals surface area contributed by atoms with Crippen molar-refractivity contribution in [1.29, 1.82) is 0 Å². The van der Waals surface area contributed by atoms with E-state index in [4.69, 9.17) is 9.15 Å². The fraction of sp³-hybridized carbons (Fsp3) is 0.217. The van der Waals surface area contributed by atoms with E-state index >= 15 is 0 Å². The summed E-state index contributed by atoms with van der Waals surface area (Å²) >= 11 is 0. The van der Waals surface area contributed by atoms with Crippen molar-refractivity contribution in [3.63, 3.8) is 0 Å². The molecule has 3 heteroatoms. The molecule has 3 aromatic rings. The Kier molecular flexibility index (Phi) is 6.68. The summed E-state index contributed by atoms with van der Waals surface area (Å²) in [6, 6.07) is 22.6. The lowest BCUT2D eigenvalue weighted by molar-refractivity contribution is -0.646. The van der Waals surface area contributed by atoms with Crippen molar-refractivity contribution in [3.05, 3.63) is 96.0 Å². The molecule has 0 unspecified atom stereocenters. The minimum Gasteiger partial charge on any atom is -0.496 e. The van der Waals surface area contributed by atoms with Gasteiger partial charge >= 0.3 is 0 Å². The van der Waals surface area contributed by atoms with E-state index in [2.05, 4.69) is 53.9 Å². The lowest BCUT2D eigenvalue weighted by Gasteiger charge is -2.17. The number of hydrogen-bond donors (Lipinski definition) is 1.